The van der Waals surface area contributed by atoms with E-state index in [0.717, 1.165) is 10.7 Å². The molecule has 4 rings (SSSR count). The third-order valence-corrected chi connectivity index (χ3v) is 5.02. The van der Waals surface area contributed by atoms with Gasteiger partial charge in [-0.2, -0.15) is 0 Å². The number of rotatable bonds is 7. The maximum atomic E-state index is 12.5. The van der Waals surface area contributed by atoms with Crippen LogP contribution in [0.4, 0.5) is 5.82 Å². The maximum Gasteiger partial charge on any atom is 0.262 e. The van der Waals surface area contributed by atoms with Crippen molar-refractivity contribution in [3.63, 3.8) is 0 Å². The zero-order chi connectivity index (χ0) is 22.0. The highest BCUT2D eigenvalue weighted by atomic mass is 16.2. The van der Waals surface area contributed by atoms with E-state index in [1.54, 1.807) is 31.2 Å². The quantitative estimate of drug-likeness (QED) is 0.447. The van der Waals surface area contributed by atoms with Crippen LogP contribution in [-0.4, -0.2) is 56.3 Å². The maximum absolute atomic E-state index is 12.5. The molecule has 1 unspecified atom stereocenters. The number of hydrogen-bond acceptors (Lipinski definition) is 6. The fourth-order valence-corrected chi connectivity index (χ4v) is 3.46. The van der Waals surface area contributed by atoms with Crippen LogP contribution < -0.4 is 10.6 Å². The Morgan fingerprint density at radius 3 is 2.29 bits per heavy atom. The Balaban J connectivity index is 1.32. The summed E-state index contributed by atoms with van der Waals surface area (Å²) in [7, 11) is 0. The zero-order valence-corrected chi connectivity index (χ0v) is 17.2. The van der Waals surface area contributed by atoms with Crippen molar-refractivity contribution >= 4 is 23.5 Å². The molecule has 9 nitrogen and oxygen atoms in total. The Morgan fingerprint density at radius 1 is 1.00 bits per heavy atom. The second kappa shape index (κ2) is 8.39. The molecule has 2 aromatic heterocycles. The van der Waals surface area contributed by atoms with Crippen molar-refractivity contribution in [1.29, 1.82) is 0 Å². The van der Waals surface area contributed by atoms with Crippen LogP contribution in [0.25, 0.3) is 5.82 Å². The van der Waals surface area contributed by atoms with Gasteiger partial charge in [0.25, 0.3) is 11.8 Å². The minimum Gasteiger partial charge on any atom is -0.368 e. The number of aryl methyl sites for hydroxylation is 1. The average Bonchev–Trinajstić information content (AvgIpc) is 3.38. The van der Waals surface area contributed by atoms with E-state index in [1.165, 1.54) is 0 Å². The summed E-state index contributed by atoms with van der Waals surface area (Å²) in [6.07, 6.45) is 3.79. The van der Waals surface area contributed by atoms with Crippen LogP contribution in [0.5, 0.6) is 0 Å². The van der Waals surface area contributed by atoms with E-state index < -0.39 is 23.8 Å². The molecule has 31 heavy (non-hydrogen) atoms. The molecule has 0 bridgehead atoms. The lowest BCUT2D eigenvalue weighted by Crippen LogP contribution is -2.48. The van der Waals surface area contributed by atoms with Gasteiger partial charge in [0, 0.05) is 31.5 Å². The summed E-state index contributed by atoms with van der Waals surface area (Å²) >= 11 is 0. The van der Waals surface area contributed by atoms with Crippen LogP contribution in [0.1, 0.15) is 33.5 Å². The molecule has 1 aliphatic rings. The molecule has 0 saturated carbocycles. The SMILES string of the molecule is Cc1nc(NCCNC(=O)C(C)N2C(=O)c3ccccc3C2=O)cc(-n2cccc2)n1. The molecule has 9 heteroatoms. The molecule has 2 N–H and O–H groups in total. The Labute approximate surface area is 179 Å². The first kappa shape index (κ1) is 20.3. The number of amides is 3. The van der Waals surface area contributed by atoms with Gasteiger partial charge in [0.2, 0.25) is 5.91 Å². The van der Waals surface area contributed by atoms with Crippen LogP contribution in [0, 0.1) is 6.92 Å². The highest BCUT2D eigenvalue weighted by molar-refractivity contribution is 6.22. The molecule has 1 atom stereocenters. The van der Waals surface area contributed by atoms with Gasteiger partial charge in [0.15, 0.2) is 0 Å². The van der Waals surface area contributed by atoms with Gasteiger partial charge in [0.1, 0.15) is 23.5 Å². The third-order valence-electron chi connectivity index (χ3n) is 5.02. The van der Waals surface area contributed by atoms with E-state index in [-0.39, 0.29) is 0 Å². The smallest absolute Gasteiger partial charge is 0.262 e. The first-order valence-corrected chi connectivity index (χ1v) is 9.93. The van der Waals surface area contributed by atoms with Gasteiger partial charge in [-0.3, -0.25) is 19.3 Å². The van der Waals surface area contributed by atoms with Crippen molar-refractivity contribution in [3.05, 3.63) is 71.8 Å². The molecule has 1 aromatic carbocycles. The number of aromatic nitrogens is 3. The van der Waals surface area contributed by atoms with Gasteiger partial charge >= 0.3 is 0 Å². The van der Waals surface area contributed by atoms with Gasteiger partial charge in [0.05, 0.1) is 11.1 Å². The number of nitrogens with one attached hydrogen (secondary N) is 2. The van der Waals surface area contributed by atoms with Crippen LogP contribution in [0.3, 0.4) is 0 Å². The van der Waals surface area contributed by atoms with Gasteiger partial charge < -0.3 is 15.2 Å². The first-order chi connectivity index (χ1) is 15.0. The zero-order valence-electron chi connectivity index (χ0n) is 17.2. The topological polar surface area (TPSA) is 109 Å². The predicted molar refractivity (Wildman–Crippen MR) is 114 cm³/mol. The van der Waals surface area contributed by atoms with Crippen molar-refractivity contribution in [2.45, 2.75) is 19.9 Å². The Bertz CT molecular complexity index is 1110. The van der Waals surface area contributed by atoms with Crippen LogP contribution in [0.15, 0.2) is 54.9 Å². The molecule has 0 aliphatic carbocycles. The number of carbonyl (C=O) groups is 3. The molecule has 3 aromatic rings. The fourth-order valence-electron chi connectivity index (χ4n) is 3.46. The standard InChI is InChI=1S/C22H22N6O3/c1-14(28-21(30)16-7-3-4-8-17(16)22(28)31)20(29)24-10-9-23-18-13-19(26-15(2)25-18)27-11-5-6-12-27/h3-8,11-14H,9-10H2,1-2H3,(H,24,29)(H,23,25,26). The van der Waals surface area contributed by atoms with Gasteiger partial charge in [-0.25, -0.2) is 9.97 Å². The number of nitrogens with zero attached hydrogens (tertiary/aromatic N) is 4. The lowest BCUT2D eigenvalue weighted by Gasteiger charge is -2.21. The molecular formula is C22H22N6O3. The Hall–Kier alpha value is -4.01. The summed E-state index contributed by atoms with van der Waals surface area (Å²) in [4.78, 5) is 47.3. The minimum atomic E-state index is -0.908. The van der Waals surface area contributed by atoms with Crippen molar-refractivity contribution in [2.24, 2.45) is 0 Å². The summed E-state index contributed by atoms with van der Waals surface area (Å²) in [6, 6.07) is 11.3. The number of carbonyl (C=O) groups excluding carboxylic acids is 3. The van der Waals surface area contributed by atoms with E-state index in [9.17, 15) is 14.4 Å². The molecule has 3 heterocycles. The Morgan fingerprint density at radius 2 is 1.65 bits per heavy atom. The number of anilines is 1. The Kier molecular flexibility index (Phi) is 5.48. The van der Waals surface area contributed by atoms with Gasteiger partial charge in [-0.05, 0) is 38.1 Å². The second-order valence-corrected chi connectivity index (χ2v) is 7.17. The van der Waals surface area contributed by atoms with Crippen LogP contribution in [0.2, 0.25) is 0 Å². The van der Waals surface area contributed by atoms with Crippen molar-refractivity contribution in [2.75, 3.05) is 18.4 Å². The summed E-state index contributed by atoms with van der Waals surface area (Å²) < 4.78 is 1.88. The lowest BCUT2D eigenvalue weighted by atomic mass is 10.1. The molecule has 3 amide bonds. The molecule has 0 fully saturated rings. The summed E-state index contributed by atoms with van der Waals surface area (Å²) in [6.45, 7) is 4.07. The molecule has 0 radical (unpaired) electrons. The minimum absolute atomic E-state index is 0.300. The number of hydrogen-bond donors (Lipinski definition) is 2. The van der Waals surface area contributed by atoms with Crippen LogP contribution >= 0.6 is 0 Å². The first-order valence-electron chi connectivity index (χ1n) is 9.93. The molecule has 0 saturated heterocycles. The van der Waals surface area contributed by atoms with E-state index >= 15 is 0 Å². The summed E-state index contributed by atoms with van der Waals surface area (Å²) in [5.74, 6) is 0.702. The van der Waals surface area contributed by atoms with Crippen molar-refractivity contribution < 1.29 is 14.4 Å². The highest BCUT2D eigenvalue weighted by Crippen LogP contribution is 2.24. The summed E-state index contributed by atoms with van der Waals surface area (Å²) in [5.41, 5.74) is 0.651. The van der Waals surface area contributed by atoms with Crippen LogP contribution in [-0.2, 0) is 4.79 Å². The molecule has 158 valence electrons. The lowest BCUT2D eigenvalue weighted by molar-refractivity contribution is -0.124. The van der Waals surface area contributed by atoms with E-state index in [2.05, 4.69) is 20.6 Å². The van der Waals surface area contributed by atoms with Gasteiger partial charge in [-0.15, -0.1) is 0 Å². The van der Waals surface area contributed by atoms with Crippen molar-refractivity contribution in [3.8, 4) is 5.82 Å². The fraction of sp³-hybridized carbons (Fsp3) is 0.227. The predicted octanol–water partition coefficient (Wildman–Crippen LogP) is 1.79. The molecule has 1 aliphatic heterocycles. The normalized spacial score (nSPS) is 13.8. The van der Waals surface area contributed by atoms with E-state index in [4.69, 9.17) is 0 Å². The van der Waals surface area contributed by atoms with Crippen molar-refractivity contribution in [1.82, 2.24) is 24.8 Å². The highest BCUT2D eigenvalue weighted by Gasteiger charge is 2.40. The monoisotopic (exact) mass is 418 g/mol. The number of fused-ring (bicyclic) bond motifs is 1. The largest absolute Gasteiger partial charge is 0.368 e. The number of benzene rings is 1. The van der Waals surface area contributed by atoms with E-state index in [1.807, 2.05) is 42.1 Å². The summed E-state index contributed by atoms with van der Waals surface area (Å²) in [5, 5.41) is 5.91. The third kappa shape index (κ3) is 4.02. The van der Waals surface area contributed by atoms with Gasteiger partial charge in [-0.1, -0.05) is 12.1 Å². The average molecular weight is 418 g/mol. The number of imide groups is 1. The molecular weight excluding hydrogens is 396 g/mol. The molecule has 0 spiro atoms. The van der Waals surface area contributed by atoms with E-state index in [0.29, 0.717) is 35.9 Å². The second-order valence-electron chi connectivity index (χ2n) is 7.17.